The van der Waals surface area contributed by atoms with Crippen LogP contribution in [0.1, 0.15) is 45.4 Å². The zero-order valence-corrected chi connectivity index (χ0v) is 9.67. The molecule has 15 heavy (non-hydrogen) atoms. The van der Waals surface area contributed by atoms with Crippen molar-refractivity contribution < 1.29 is 4.79 Å². The summed E-state index contributed by atoms with van der Waals surface area (Å²) in [6.07, 6.45) is 8.86. The number of rotatable bonds is 2. The predicted octanol–water partition coefficient (Wildman–Crippen LogP) is 2.74. The Morgan fingerprint density at radius 2 is 2.33 bits per heavy atom. The van der Waals surface area contributed by atoms with Gasteiger partial charge in [-0.2, -0.15) is 0 Å². The summed E-state index contributed by atoms with van der Waals surface area (Å²) in [5, 5.41) is 0. The minimum atomic E-state index is 0.143. The number of likely N-dealkylation sites (tertiary alicyclic amines) is 1. The Morgan fingerprint density at radius 1 is 1.60 bits per heavy atom. The summed E-state index contributed by atoms with van der Waals surface area (Å²) in [5.41, 5.74) is 0.226. The average Bonchev–Trinajstić information content (AvgIpc) is 2.25. The molecule has 2 heteroatoms. The number of amides is 1. The van der Waals surface area contributed by atoms with E-state index in [0.717, 1.165) is 12.5 Å². The molecule has 0 radical (unpaired) electrons. The molecule has 1 saturated carbocycles. The molecule has 84 valence electrons. The van der Waals surface area contributed by atoms with Crippen LogP contribution in [0.25, 0.3) is 0 Å². The number of nitrogens with zero attached hydrogens (tertiary/aromatic N) is 1. The Bertz CT molecular complexity index is 268. The molecule has 0 aromatic carbocycles. The molecule has 2 fully saturated rings. The van der Waals surface area contributed by atoms with E-state index in [0.29, 0.717) is 0 Å². The molecule has 0 bridgehead atoms. The zero-order chi connectivity index (χ0) is 10.9. The summed E-state index contributed by atoms with van der Waals surface area (Å²) >= 11 is 0. The molecule has 0 N–H and O–H groups in total. The van der Waals surface area contributed by atoms with E-state index in [1.807, 2.05) is 0 Å². The van der Waals surface area contributed by atoms with Gasteiger partial charge in [0.2, 0.25) is 5.91 Å². The summed E-state index contributed by atoms with van der Waals surface area (Å²) in [6.45, 7) is 6.82. The lowest BCUT2D eigenvalue weighted by molar-refractivity contribution is -0.141. The first-order chi connectivity index (χ1) is 7.22. The van der Waals surface area contributed by atoms with Crippen LogP contribution in [0.15, 0.2) is 12.7 Å². The lowest BCUT2D eigenvalue weighted by atomic mass is 9.66. The van der Waals surface area contributed by atoms with Gasteiger partial charge in [-0.1, -0.05) is 19.9 Å². The normalized spacial score (nSPS) is 28.6. The van der Waals surface area contributed by atoms with E-state index in [1.54, 1.807) is 0 Å². The number of carbonyl (C=O) groups is 1. The minimum absolute atomic E-state index is 0.143. The lowest BCUT2D eigenvalue weighted by Gasteiger charge is -2.55. The summed E-state index contributed by atoms with van der Waals surface area (Å²) in [7, 11) is 0. The molecule has 1 unspecified atom stereocenters. The first kappa shape index (κ1) is 10.7. The van der Waals surface area contributed by atoms with E-state index in [4.69, 9.17) is 0 Å². The van der Waals surface area contributed by atoms with Crippen LogP contribution in [-0.2, 0) is 4.79 Å². The van der Waals surface area contributed by atoms with Crippen LogP contribution >= 0.6 is 0 Å². The maximum absolute atomic E-state index is 11.8. The molecular weight excluding hydrogens is 186 g/mol. The fraction of sp³-hybridized carbons (Fsp3) is 0.769. The standard InChI is InChI=1S/C13H21NO/c1-3-11-6-9-14(12(15)4-2)13(10-11)7-5-8-13/h4,11H,2-3,5-10H2,1H3. The fourth-order valence-electron chi connectivity index (χ4n) is 3.16. The number of hydrogen-bond donors (Lipinski definition) is 0. The smallest absolute Gasteiger partial charge is 0.246 e. The molecule has 2 aliphatic rings. The van der Waals surface area contributed by atoms with Gasteiger partial charge in [-0.25, -0.2) is 0 Å². The van der Waals surface area contributed by atoms with Crippen molar-refractivity contribution in [1.29, 1.82) is 0 Å². The van der Waals surface area contributed by atoms with E-state index in [9.17, 15) is 4.79 Å². The lowest BCUT2D eigenvalue weighted by Crippen LogP contribution is -2.59. The van der Waals surface area contributed by atoms with Crippen molar-refractivity contribution >= 4 is 5.91 Å². The van der Waals surface area contributed by atoms with Crippen molar-refractivity contribution in [3.8, 4) is 0 Å². The van der Waals surface area contributed by atoms with Crippen LogP contribution in [0.4, 0.5) is 0 Å². The van der Waals surface area contributed by atoms with E-state index < -0.39 is 0 Å². The molecule has 0 aromatic rings. The fourth-order valence-corrected chi connectivity index (χ4v) is 3.16. The third-order valence-corrected chi connectivity index (χ3v) is 4.30. The zero-order valence-electron chi connectivity index (χ0n) is 9.67. The largest absolute Gasteiger partial charge is 0.333 e. The Morgan fingerprint density at radius 3 is 2.80 bits per heavy atom. The third-order valence-electron chi connectivity index (χ3n) is 4.30. The van der Waals surface area contributed by atoms with Crippen molar-refractivity contribution in [2.24, 2.45) is 5.92 Å². The van der Waals surface area contributed by atoms with Gasteiger partial charge in [0.15, 0.2) is 0 Å². The molecule has 1 aliphatic carbocycles. The van der Waals surface area contributed by atoms with Crippen molar-refractivity contribution in [1.82, 2.24) is 4.90 Å². The van der Waals surface area contributed by atoms with E-state index >= 15 is 0 Å². The Kier molecular flexibility index (Phi) is 2.85. The van der Waals surface area contributed by atoms with E-state index in [-0.39, 0.29) is 11.4 Å². The molecule has 0 aromatic heterocycles. The summed E-state index contributed by atoms with van der Waals surface area (Å²) in [5.74, 6) is 0.975. The van der Waals surface area contributed by atoms with Crippen molar-refractivity contribution in [3.05, 3.63) is 12.7 Å². The third kappa shape index (κ3) is 1.70. The molecule has 2 nitrogen and oxygen atoms in total. The Hall–Kier alpha value is -0.790. The molecule has 1 aliphatic heterocycles. The number of piperidine rings is 1. The van der Waals surface area contributed by atoms with Gasteiger partial charge in [0, 0.05) is 12.1 Å². The second-order valence-electron chi connectivity index (χ2n) is 5.04. The van der Waals surface area contributed by atoms with Crippen LogP contribution in [0.2, 0.25) is 0 Å². The average molecular weight is 207 g/mol. The highest BCUT2D eigenvalue weighted by Crippen LogP contribution is 2.46. The van der Waals surface area contributed by atoms with Gasteiger partial charge < -0.3 is 4.90 Å². The number of carbonyl (C=O) groups excluding carboxylic acids is 1. The van der Waals surface area contributed by atoms with Crippen molar-refractivity contribution in [2.45, 2.75) is 51.0 Å². The van der Waals surface area contributed by atoms with Crippen LogP contribution in [-0.4, -0.2) is 22.9 Å². The van der Waals surface area contributed by atoms with Gasteiger partial charge in [-0.3, -0.25) is 4.79 Å². The molecule has 1 spiro atoms. The quantitative estimate of drug-likeness (QED) is 0.638. The van der Waals surface area contributed by atoms with E-state index in [2.05, 4.69) is 18.4 Å². The van der Waals surface area contributed by atoms with Gasteiger partial charge in [0.1, 0.15) is 0 Å². The van der Waals surface area contributed by atoms with Crippen LogP contribution in [0.3, 0.4) is 0 Å². The maximum Gasteiger partial charge on any atom is 0.246 e. The molecule has 1 atom stereocenters. The minimum Gasteiger partial charge on any atom is -0.333 e. The SMILES string of the molecule is C=CC(=O)N1CCC(CC)CC12CCC2. The molecule has 1 saturated heterocycles. The first-order valence-corrected chi connectivity index (χ1v) is 6.16. The highest BCUT2D eigenvalue weighted by Gasteiger charge is 2.47. The second-order valence-corrected chi connectivity index (χ2v) is 5.04. The van der Waals surface area contributed by atoms with Crippen molar-refractivity contribution in [2.75, 3.05) is 6.54 Å². The topological polar surface area (TPSA) is 20.3 Å². The van der Waals surface area contributed by atoms with Crippen LogP contribution < -0.4 is 0 Å². The maximum atomic E-state index is 11.8. The van der Waals surface area contributed by atoms with Crippen LogP contribution in [0, 0.1) is 5.92 Å². The van der Waals surface area contributed by atoms with E-state index in [1.165, 1.54) is 44.6 Å². The highest BCUT2D eigenvalue weighted by molar-refractivity contribution is 5.87. The molecule has 2 rings (SSSR count). The van der Waals surface area contributed by atoms with Crippen LogP contribution in [0.5, 0.6) is 0 Å². The van der Waals surface area contributed by atoms with Gasteiger partial charge in [-0.15, -0.1) is 0 Å². The van der Waals surface area contributed by atoms with Gasteiger partial charge in [-0.05, 0) is 44.1 Å². The van der Waals surface area contributed by atoms with Crippen molar-refractivity contribution in [3.63, 3.8) is 0 Å². The molecular formula is C13H21NO. The highest BCUT2D eigenvalue weighted by atomic mass is 16.2. The summed E-state index contributed by atoms with van der Waals surface area (Å²) < 4.78 is 0. The number of hydrogen-bond acceptors (Lipinski definition) is 1. The predicted molar refractivity (Wildman–Crippen MR) is 61.5 cm³/mol. The first-order valence-electron chi connectivity index (χ1n) is 6.16. The van der Waals surface area contributed by atoms with Gasteiger partial charge in [0.05, 0.1) is 0 Å². The second kappa shape index (κ2) is 3.99. The Balaban J connectivity index is 2.11. The molecule has 1 heterocycles. The summed E-state index contributed by atoms with van der Waals surface area (Å²) in [4.78, 5) is 13.9. The molecule has 1 amide bonds. The monoisotopic (exact) mass is 207 g/mol. The Labute approximate surface area is 92.3 Å². The summed E-state index contributed by atoms with van der Waals surface area (Å²) in [6, 6.07) is 0. The van der Waals surface area contributed by atoms with Gasteiger partial charge >= 0.3 is 0 Å². The van der Waals surface area contributed by atoms with Gasteiger partial charge in [0.25, 0.3) is 0 Å².